The molecule has 4 heteroatoms. The van der Waals surface area contributed by atoms with Crippen molar-refractivity contribution in [3.8, 4) is 0 Å². The van der Waals surface area contributed by atoms with Gasteiger partial charge in [-0.1, -0.05) is 15.9 Å². The van der Waals surface area contributed by atoms with Crippen LogP contribution in [0.1, 0.15) is 21.5 Å². The van der Waals surface area contributed by atoms with E-state index >= 15 is 0 Å². The van der Waals surface area contributed by atoms with Crippen molar-refractivity contribution < 1.29 is 13.9 Å². The Morgan fingerprint density at radius 1 is 1.43 bits per heavy atom. The van der Waals surface area contributed by atoms with Gasteiger partial charge in [-0.25, -0.2) is 9.18 Å². The summed E-state index contributed by atoms with van der Waals surface area (Å²) in [5, 5.41) is 0. The van der Waals surface area contributed by atoms with Gasteiger partial charge < -0.3 is 4.74 Å². The van der Waals surface area contributed by atoms with E-state index in [1.807, 2.05) is 0 Å². The topological polar surface area (TPSA) is 26.3 Å². The highest BCUT2D eigenvalue weighted by Crippen LogP contribution is 2.26. The minimum atomic E-state index is -0.526. The number of ether oxygens (including phenoxy) is 1. The van der Waals surface area contributed by atoms with E-state index in [2.05, 4.69) is 20.7 Å². The maximum absolute atomic E-state index is 13.3. The first-order valence-electron chi connectivity index (χ1n) is 4.02. The summed E-state index contributed by atoms with van der Waals surface area (Å²) in [5.74, 6) is -0.940. The molecule has 1 aromatic carbocycles. The predicted octanol–water partition coefficient (Wildman–Crippen LogP) is 2.99. The molecule has 0 aliphatic rings. The number of methoxy groups -OCH3 is 1. The van der Waals surface area contributed by atoms with Crippen molar-refractivity contribution in [2.75, 3.05) is 7.11 Å². The molecule has 1 aromatic rings. The molecule has 0 fully saturated rings. The van der Waals surface area contributed by atoms with Crippen LogP contribution in [0.4, 0.5) is 4.39 Å². The summed E-state index contributed by atoms with van der Waals surface area (Å²) in [6.45, 7) is 3.39. The summed E-state index contributed by atoms with van der Waals surface area (Å²) in [4.78, 5) is 11.2. The van der Waals surface area contributed by atoms with Crippen molar-refractivity contribution in [3.05, 3.63) is 33.0 Å². The molecule has 0 atom stereocenters. The van der Waals surface area contributed by atoms with Crippen molar-refractivity contribution in [1.29, 1.82) is 0 Å². The first-order chi connectivity index (χ1) is 6.49. The third-order valence-electron chi connectivity index (χ3n) is 2.10. The van der Waals surface area contributed by atoms with Crippen LogP contribution in [0.2, 0.25) is 0 Å². The van der Waals surface area contributed by atoms with Crippen LogP contribution in [0, 0.1) is 19.7 Å². The highest BCUT2D eigenvalue weighted by molar-refractivity contribution is 9.10. The minimum Gasteiger partial charge on any atom is -0.465 e. The average Bonchev–Trinajstić information content (AvgIpc) is 2.19. The molecule has 0 saturated heterocycles. The van der Waals surface area contributed by atoms with Crippen LogP contribution >= 0.6 is 15.9 Å². The molecule has 76 valence electrons. The standard InChI is InChI=1S/C10H10BrFO2/c1-5-7(10(13)14-3)4-8(12)6(2)9(5)11/h4H,1-3H3. The lowest BCUT2D eigenvalue weighted by Crippen LogP contribution is -2.06. The Balaban J connectivity index is 3.40. The van der Waals surface area contributed by atoms with Gasteiger partial charge in [0.15, 0.2) is 0 Å². The fraction of sp³-hybridized carbons (Fsp3) is 0.300. The molecular weight excluding hydrogens is 251 g/mol. The van der Waals surface area contributed by atoms with Gasteiger partial charge in [0.2, 0.25) is 0 Å². The number of carbonyl (C=O) groups is 1. The fourth-order valence-corrected chi connectivity index (χ4v) is 1.57. The van der Waals surface area contributed by atoms with Gasteiger partial charge in [0.25, 0.3) is 0 Å². The zero-order chi connectivity index (χ0) is 10.9. The largest absolute Gasteiger partial charge is 0.465 e. The van der Waals surface area contributed by atoms with Crippen molar-refractivity contribution in [2.24, 2.45) is 0 Å². The van der Waals surface area contributed by atoms with Gasteiger partial charge in [0.05, 0.1) is 12.7 Å². The smallest absolute Gasteiger partial charge is 0.338 e. The monoisotopic (exact) mass is 260 g/mol. The molecule has 0 aromatic heterocycles. The normalized spacial score (nSPS) is 10.1. The Hall–Kier alpha value is -0.900. The van der Waals surface area contributed by atoms with Crippen molar-refractivity contribution in [3.63, 3.8) is 0 Å². The Bertz CT molecular complexity index is 388. The van der Waals surface area contributed by atoms with Crippen LogP contribution < -0.4 is 0 Å². The highest BCUT2D eigenvalue weighted by atomic mass is 79.9. The predicted molar refractivity (Wildman–Crippen MR) is 54.9 cm³/mol. The van der Waals surface area contributed by atoms with Crippen molar-refractivity contribution in [1.82, 2.24) is 0 Å². The molecular formula is C10H10BrFO2. The summed E-state index contributed by atoms with van der Waals surface area (Å²) in [6.07, 6.45) is 0. The highest BCUT2D eigenvalue weighted by Gasteiger charge is 2.16. The third-order valence-corrected chi connectivity index (χ3v) is 3.29. The first-order valence-corrected chi connectivity index (χ1v) is 4.81. The molecule has 2 nitrogen and oxygen atoms in total. The molecule has 0 aliphatic carbocycles. The lowest BCUT2D eigenvalue weighted by molar-refractivity contribution is 0.0599. The second-order valence-corrected chi connectivity index (χ2v) is 3.75. The van der Waals surface area contributed by atoms with Crippen LogP contribution in [0.15, 0.2) is 10.5 Å². The summed E-state index contributed by atoms with van der Waals surface area (Å²) < 4.78 is 18.4. The number of halogens is 2. The number of carbonyl (C=O) groups excluding carboxylic acids is 1. The number of hydrogen-bond donors (Lipinski definition) is 0. The van der Waals surface area contributed by atoms with E-state index in [9.17, 15) is 9.18 Å². The molecule has 0 heterocycles. The Labute approximate surface area is 90.2 Å². The maximum atomic E-state index is 13.3. The molecule has 0 N–H and O–H groups in total. The number of hydrogen-bond acceptors (Lipinski definition) is 2. The zero-order valence-corrected chi connectivity index (χ0v) is 9.74. The molecule has 0 aliphatic heterocycles. The maximum Gasteiger partial charge on any atom is 0.338 e. The Morgan fingerprint density at radius 2 is 2.00 bits per heavy atom. The van der Waals surface area contributed by atoms with E-state index < -0.39 is 11.8 Å². The van der Waals surface area contributed by atoms with E-state index in [0.717, 1.165) is 0 Å². The zero-order valence-electron chi connectivity index (χ0n) is 8.15. The van der Waals surface area contributed by atoms with E-state index in [0.29, 0.717) is 15.6 Å². The number of rotatable bonds is 1. The quantitative estimate of drug-likeness (QED) is 0.726. The molecule has 0 amide bonds. The Morgan fingerprint density at radius 3 is 2.50 bits per heavy atom. The summed E-state index contributed by atoms with van der Waals surface area (Å²) in [7, 11) is 1.27. The second-order valence-electron chi connectivity index (χ2n) is 2.96. The van der Waals surface area contributed by atoms with Gasteiger partial charge in [0.1, 0.15) is 5.82 Å². The molecule has 0 bridgehead atoms. The van der Waals surface area contributed by atoms with Gasteiger partial charge in [-0.05, 0) is 31.0 Å². The number of benzene rings is 1. The first kappa shape index (κ1) is 11.2. The van der Waals surface area contributed by atoms with Gasteiger partial charge in [-0.3, -0.25) is 0 Å². The molecule has 0 unspecified atom stereocenters. The summed E-state index contributed by atoms with van der Waals surface area (Å²) in [6, 6.07) is 1.20. The summed E-state index contributed by atoms with van der Waals surface area (Å²) in [5.41, 5.74) is 1.44. The molecule has 14 heavy (non-hydrogen) atoms. The fourth-order valence-electron chi connectivity index (χ4n) is 1.17. The lowest BCUT2D eigenvalue weighted by atomic mass is 10.1. The third kappa shape index (κ3) is 1.80. The van der Waals surface area contributed by atoms with E-state index in [1.54, 1.807) is 13.8 Å². The average molecular weight is 261 g/mol. The van der Waals surface area contributed by atoms with Crippen molar-refractivity contribution >= 4 is 21.9 Å². The Kier molecular flexibility index (Phi) is 3.26. The SMILES string of the molecule is COC(=O)c1cc(F)c(C)c(Br)c1C. The minimum absolute atomic E-state index is 0.252. The molecule has 0 saturated carbocycles. The van der Waals surface area contributed by atoms with Gasteiger partial charge in [-0.2, -0.15) is 0 Å². The van der Waals surface area contributed by atoms with E-state index in [1.165, 1.54) is 13.2 Å². The molecule has 0 radical (unpaired) electrons. The van der Waals surface area contributed by atoms with E-state index in [4.69, 9.17) is 0 Å². The van der Waals surface area contributed by atoms with E-state index in [-0.39, 0.29) is 5.56 Å². The summed E-state index contributed by atoms with van der Waals surface area (Å²) >= 11 is 3.23. The van der Waals surface area contributed by atoms with Gasteiger partial charge >= 0.3 is 5.97 Å². The lowest BCUT2D eigenvalue weighted by Gasteiger charge is -2.09. The molecule has 0 spiro atoms. The number of esters is 1. The van der Waals surface area contributed by atoms with Crippen LogP contribution in [0.25, 0.3) is 0 Å². The van der Waals surface area contributed by atoms with Gasteiger partial charge in [-0.15, -0.1) is 0 Å². The van der Waals surface area contributed by atoms with Crippen LogP contribution in [-0.2, 0) is 4.74 Å². The van der Waals surface area contributed by atoms with Crippen LogP contribution in [0.3, 0.4) is 0 Å². The van der Waals surface area contributed by atoms with Crippen LogP contribution in [-0.4, -0.2) is 13.1 Å². The van der Waals surface area contributed by atoms with Gasteiger partial charge in [0, 0.05) is 4.47 Å². The van der Waals surface area contributed by atoms with Crippen molar-refractivity contribution in [2.45, 2.75) is 13.8 Å². The van der Waals surface area contributed by atoms with Crippen LogP contribution in [0.5, 0.6) is 0 Å². The second kappa shape index (κ2) is 4.09. The molecule has 1 rings (SSSR count).